The van der Waals surface area contributed by atoms with E-state index in [4.69, 9.17) is 0 Å². The molecule has 0 atom stereocenters. The van der Waals surface area contributed by atoms with Crippen LogP contribution in [0, 0.1) is 19.7 Å². The lowest BCUT2D eigenvalue weighted by Gasteiger charge is -2.14. The van der Waals surface area contributed by atoms with Crippen molar-refractivity contribution in [1.29, 1.82) is 0 Å². The molecule has 0 unspecified atom stereocenters. The van der Waals surface area contributed by atoms with Crippen LogP contribution in [-0.2, 0) is 4.79 Å². The van der Waals surface area contributed by atoms with Crippen LogP contribution in [0.4, 0.5) is 37.6 Å². The maximum Gasteiger partial charge on any atom is 0.323 e. The normalized spacial score (nSPS) is 13.3. The van der Waals surface area contributed by atoms with E-state index in [0.29, 0.717) is 22.5 Å². The number of hydrogen-bond acceptors (Lipinski definition) is 3. The molecule has 1 aromatic heterocycles. The summed E-state index contributed by atoms with van der Waals surface area (Å²) >= 11 is 0. The third-order valence-electron chi connectivity index (χ3n) is 5.91. The van der Waals surface area contributed by atoms with E-state index in [1.807, 2.05) is 61.7 Å². The molecular formula is C28H24FN5O2. The van der Waals surface area contributed by atoms with Gasteiger partial charge in [-0.05, 0) is 85.6 Å². The first kappa shape index (κ1) is 22.9. The van der Waals surface area contributed by atoms with Gasteiger partial charge in [0.15, 0.2) is 0 Å². The largest absolute Gasteiger partial charge is 0.362 e. The average molecular weight is 482 g/mol. The van der Waals surface area contributed by atoms with E-state index in [1.165, 1.54) is 12.1 Å². The third kappa shape index (κ3) is 4.83. The number of hydrogen-bond donors (Lipinski definition) is 5. The van der Waals surface area contributed by atoms with Gasteiger partial charge >= 0.3 is 6.03 Å². The van der Waals surface area contributed by atoms with Crippen molar-refractivity contribution in [3.63, 3.8) is 0 Å². The highest BCUT2D eigenvalue weighted by molar-refractivity contribution is 6.35. The van der Waals surface area contributed by atoms with Gasteiger partial charge in [0.05, 0.1) is 11.3 Å². The Morgan fingerprint density at radius 1 is 0.889 bits per heavy atom. The lowest BCUT2D eigenvalue weighted by molar-refractivity contribution is -0.110. The van der Waals surface area contributed by atoms with Gasteiger partial charge in [-0.1, -0.05) is 12.1 Å². The number of rotatable bonds is 5. The van der Waals surface area contributed by atoms with Crippen LogP contribution in [0.2, 0.25) is 0 Å². The van der Waals surface area contributed by atoms with E-state index < -0.39 is 6.03 Å². The fraction of sp³-hybridized carbons (Fsp3) is 0.0714. The number of aryl methyl sites for hydroxylation is 2. The van der Waals surface area contributed by atoms with Crippen molar-refractivity contribution >= 4 is 52.0 Å². The van der Waals surface area contributed by atoms with Crippen LogP contribution in [0.15, 0.2) is 72.9 Å². The number of anilines is 5. The lowest BCUT2D eigenvalue weighted by Crippen LogP contribution is -2.19. The van der Waals surface area contributed by atoms with Gasteiger partial charge in [0.1, 0.15) is 5.82 Å². The number of nitrogens with one attached hydrogen (secondary N) is 5. The molecule has 2 heterocycles. The number of amides is 3. The van der Waals surface area contributed by atoms with Crippen molar-refractivity contribution in [3.05, 3.63) is 101 Å². The number of carbonyl (C=O) groups excluding carboxylic acids is 2. The number of benzene rings is 3. The van der Waals surface area contributed by atoms with E-state index in [-0.39, 0.29) is 11.7 Å². The molecule has 0 bridgehead atoms. The second-order valence-corrected chi connectivity index (χ2v) is 8.60. The first-order valence-electron chi connectivity index (χ1n) is 11.4. The first-order chi connectivity index (χ1) is 17.4. The molecule has 7 nitrogen and oxygen atoms in total. The second kappa shape index (κ2) is 9.42. The summed E-state index contributed by atoms with van der Waals surface area (Å²) < 4.78 is 13.5. The quantitative estimate of drug-likeness (QED) is 0.206. The molecule has 0 spiro atoms. The maximum atomic E-state index is 13.5. The van der Waals surface area contributed by atoms with Crippen molar-refractivity contribution < 1.29 is 14.0 Å². The first-order valence-corrected chi connectivity index (χ1v) is 11.4. The Bertz CT molecular complexity index is 1510. The lowest BCUT2D eigenvalue weighted by atomic mass is 10.1. The standard InChI is InChI=1S/C28H24FN5O2/c1-16-5-6-21(33-28(36)32-19-8-10-24(29)17(2)12-19)14-25(16)31-20-7-9-22-23(13-18-4-3-11-30-18)27(35)34-26(22)15-20/h3-15,30-31H,1-2H3,(H,34,35)(H2,32,33,36)/b23-13-. The number of aromatic nitrogens is 1. The van der Waals surface area contributed by atoms with Gasteiger partial charge in [-0.15, -0.1) is 0 Å². The van der Waals surface area contributed by atoms with Crippen LogP contribution in [0.5, 0.6) is 0 Å². The SMILES string of the molecule is Cc1cc(NC(=O)Nc2ccc(C)c(Nc3ccc4c(c3)NC(=O)/C4=C\c3ccc[nH]3)c2)ccc1F. The van der Waals surface area contributed by atoms with Gasteiger partial charge in [0.2, 0.25) is 0 Å². The Morgan fingerprint density at radius 3 is 2.39 bits per heavy atom. The van der Waals surface area contributed by atoms with Crippen LogP contribution in [0.1, 0.15) is 22.4 Å². The van der Waals surface area contributed by atoms with Gasteiger partial charge in [-0.25, -0.2) is 9.18 Å². The van der Waals surface area contributed by atoms with Gasteiger partial charge < -0.3 is 26.3 Å². The molecule has 0 saturated carbocycles. The molecule has 180 valence electrons. The zero-order chi connectivity index (χ0) is 25.2. The number of carbonyl (C=O) groups is 2. The molecule has 0 radical (unpaired) electrons. The Labute approximate surface area is 207 Å². The van der Waals surface area contributed by atoms with E-state index in [0.717, 1.165) is 33.9 Å². The highest BCUT2D eigenvalue weighted by Gasteiger charge is 2.24. The summed E-state index contributed by atoms with van der Waals surface area (Å²) in [6, 6.07) is 19.0. The molecule has 3 amide bonds. The Hall–Kier alpha value is -4.85. The molecule has 0 aliphatic carbocycles. The molecule has 36 heavy (non-hydrogen) atoms. The van der Waals surface area contributed by atoms with Crippen LogP contribution in [0.3, 0.4) is 0 Å². The molecule has 3 aromatic carbocycles. The topological polar surface area (TPSA) is 98.0 Å². The van der Waals surface area contributed by atoms with Crippen molar-refractivity contribution in [3.8, 4) is 0 Å². The minimum absolute atomic E-state index is 0.151. The van der Waals surface area contributed by atoms with Crippen LogP contribution in [0.25, 0.3) is 11.6 Å². The summed E-state index contributed by atoms with van der Waals surface area (Å²) in [5.74, 6) is -0.476. The van der Waals surface area contributed by atoms with Gasteiger partial charge in [0, 0.05) is 40.2 Å². The van der Waals surface area contributed by atoms with Crippen LogP contribution >= 0.6 is 0 Å². The number of aromatic amines is 1. The number of H-pyrrole nitrogens is 1. The predicted octanol–water partition coefficient (Wildman–Crippen LogP) is 6.65. The van der Waals surface area contributed by atoms with Crippen LogP contribution in [-0.4, -0.2) is 16.9 Å². The molecule has 1 aliphatic rings. The van der Waals surface area contributed by atoms with Gasteiger partial charge in [-0.2, -0.15) is 0 Å². The summed E-state index contributed by atoms with van der Waals surface area (Å²) in [6.07, 6.45) is 3.64. The summed E-state index contributed by atoms with van der Waals surface area (Å²) in [6.45, 7) is 3.60. The third-order valence-corrected chi connectivity index (χ3v) is 5.91. The zero-order valence-electron chi connectivity index (χ0n) is 19.7. The van der Waals surface area contributed by atoms with Crippen molar-refractivity contribution in [2.24, 2.45) is 0 Å². The summed E-state index contributed by atoms with van der Waals surface area (Å²) in [4.78, 5) is 28.1. The molecule has 1 aliphatic heterocycles. The van der Waals surface area contributed by atoms with Crippen molar-refractivity contribution in [2.75, 3.05) is 21.3 Å². The van der Waals surface area contributed by atoms with Crippen molar-refractivity contribution in [2.45, 2.75) is 13.8 Å². The molecular weight excluding hydrogens is 457 g/mol. The van der Waals surface area contributed by atoms with E-state index >= 15 is 0 Å². The minimum atomic E-state index is -0.433. The number of fused-ring (bicyclic) bond motifs is 1. The van der Waals surface area contributed by atoms with Gasteiger partial charge in [0.25, 0.3) is 5.91 Å². The Kier molecular flexibility index (Phi) is 6.00. The summed E-state index contributed by atoms with van der Waals surface area (Å²) in [7, 11) is 0. The average Bonchev–Trinajstić information content (AvgIpc) is 3.46. The second-order valence-electron chi connectivity index (χ2n) is 8.60. The summed E-state index contributed by atoms with van der Waals surface area (Å²) in [5, 5.41) is 11.8. The molecule has 5 rings (SSSR count). The van der Waals surface area contributed by atoms with Gasteiger partial charge in [-0.3, -0.25) is 4.79 Å². The monoisotopic (exact) mass is 481 g/mol. The highest BCUT2D eigenvalue weighted by atomic mass is 19.1. The fourth-order valence-corrected chi connectivity index (χ4v) is 4.01. The molecule has 0 saturated heterocycles. The minimum Gasteiger partial charge on any atom is -0.362 e. The van der Waals surface area contributed by atoms with E-state index in [1.54, 1.807) is 19.1 Å². The molecule has 0 fully saturated rings. The molecule has 5 N–H and O–H groups in total. The highest BCUT2D eigenvalue weighted by Crippen LogP contribution is 2.36. The predicted molar refractivity (Wildman–Crippen MR) is 142 cm³/mol. The van der Waals surface area contributed by atoms with E-state index in [9.17, 15) is 14.0 Å². The molecule has 8 heteroatoms. The van der Waals surface area contributed by atoms with Crippen LogP contribution < -0.4 is 21.3 Å². The summed E-state index contributed by atoms with van der Waals surface area (Å²) in [5.41, 5.74) is 7.13. The number of urea groups is 1. The Morgan fingerprint density at radius 2 is 1.64 bits per heavy atom. The molecule has 4 aromatic rings. The smallest absolute Gasteiger partial charge is 0.323 e. The number of halogens is 1. The fourth-order valence-electron chi connectivity index (χ4n) is 4.01. The maximum absolute atomic E-state index is 13.5. The zero-order valence-corrected chi connectivity index (χ0v) is 19.7. The van der Waals surface area contributed by atoms with E-state index in [2.05, 4.69) is 26.3 Å². The van der Waals surface area contributed by atoms with Crippen molar-refractivity contribution in [1.82, 2.24) is 4.98 Å². The Balaban J connectivity index is 1.31.